The van der Waals surface area contributed by atoms with E-state index in [-0.39, 0.29) is 5.91 Å². The van der Waals surface area contributed by atoms with Gasteiger partial charge in [-0.25, -0.2) is 4.98 Å². The van der Waals surface area contributed by atoms with Gasteiger partial charge in [-0.1, -0.05) is 39.7 Å². The number of amides is 1. The van der Waals surface area contributed by atoms with Gasteiger partial charge in [-0.05, 0) is 49.7 Å². The molecule has 28 heavy (non-hydrogen) atoms. The van der Waals surface area contributed by atoms with Gasteiger partial charge in [0.1, 0.15) is 5.69 Å². The van der Waals surface area contributed by atoms with Gasteiger partial charge in [-0.15, -0.1) is 11.3 Å². The largest absolute Gasteiger partial charge is 0.337 e. The van der Waals surface area contributed by atoms with Crippen LogP contribution in [0, 0.1) is 6.92 Å². The Balaban J connectivity index is 1.66. The zero-order chi connectivity index (χ0) is 19.8. The van der Waals surface area contributed by atoms with E-state index in [4.69, 9.17) is 11.6 Å². The van der Waals surface area contributed by atoms with Crippen LogP contribution in [0.2, 0.25) is 5.02 Å². The minimum atomic E-state index is -0.164. The second kappa shape index (κ2) is 7.70. The predicted molar refractivity (Wildman–Crippen MR) is 121 cm³/mol. The number of nitrogens with zero attached hydrogens (tertiary/aromatic N) is 2. The number of thiazole rings is 1. The fourth-order valence-electron chi connectivity index (χ4n) is 3.36. The van der Waals surface area contributed by atoms with E-state index in [1.54, 1.807) is 0 Å². The highest BCUT2D eigenvalue weighted by Crippen LogP contribution is 2.30. The zero-order valence-electron chi connectivity index (χ0n) is 15.3. The molecule has 0 saturated heterocycles. The average Bonchev–Trinajstić information content (AvgIpc) is 3.25. The van der Waals surface area contributed by atoms with E-state index >= 15 is 0 Å². The molecular formula is C21H17BrClN3OS. The van der Waals surface area contributed by atoms with E-state index in [9.17, 15) is 4.79 Å². The number of nitrogens with one attached hydrogen (secondary N) is 1. The Hall–Kier alpha value is -2.15. The molecule has 0 fully saturated rings. The summed E-state index contributed by atoms with van der Waals surface area (Å²) in [5.74, 6) is -0.164. The lowest BCUT2D eigenvalue weighted by molar-refractivity contribution is 0.101. The lowest BCUT2D eigenvalue weighted by Gasteiger charge is -2.08. The van der Waals surface area contributed by atoms with Crippen LogP contribution >= 0.6 is 38.9 Å². The Morgan fingerprint density at radius 2 is 2.00 bits per heavy atom. The van der Waals surface area contributed by atoms with Crippen molar-refractivity contribution in [1.29, 1.82) is 0 Å². The van der Waals surface area contributed by atoms with Crippen molar-refractivity contribution < 1.29 is 4.79 Å². The number of carbonyl (C=O) groups is 1. The summed E-state index contributed by atoms with van der Waals surface area (Å²) in [5, 5.41) is 7.14. The van der Waals surface area contributed by atoms with Crippen molar-refractivity contribution in [2.75, 3.05) is 5.32 Å². The molecule has 0 aliphatic carbocycles. The fraction of sp³-hybridized carbons (Fsp3) is 0.143. The smallest absolute Gasteiger partial charge is 0.274 e. The molecule has 2 aromatic carbocycles. The van der Waals surface area contributed by atoms with E-state index in [1.807, 2.05) is 66.3 Å². The minimum absolute atomic E-state index is 0.164. The summed E-state index contributed by atoms with van der Waals surface area (Å²) in [6, 6.07) is 13.6. The Morgan fingerprint density at radius 1 is 1.25 bits per heavy atom. The van der Waals surface area contributed by atoms with Crippen LogP contribution in [0.25, 0.3) is 22.2 Å². The van der Waals surface area contributed by atoms with Crippen molar-refractivity contribution in [2.45, 2.75) is 20.4 Å². The minimum Gasteiger partial charge on any atom is -0.337 e. The van der Waals surface area contributed by atoms with Crippen molar-refractivity contribution in [3.05, 3.63) is 68.6 Å². The second-order valence-corrected chi connectivity index (χ2v) is 8.59. The maximum absolute atomic E-state index is 13.1. The topological polar surface area (TPSA) is 46.9 Å². The first-order chi connectivity index (χ1) is 13.5. The molecule has 0 atom stereocenters. The monoisotopic (exact) mass is 473 g/mol. The first kappa shape index (κ1) is 19.2. The summed E-state index contributed by atoms with van der Waals surface area (Å²) in [4.78, 5) is 17.6. The highest BCUT2D eigenvalue weighted by molar-refractivity contribution is 9.10. The maximum atomic E-state index is 13.1. The third-order valence-corrected chi connectivity index (χ3v) is 6.20. The zero-order valence-corrected chi connectivity index (χ0v) is 18.5. The second-order valence-electron chi connectivity index (χ2n) is 6.38. The highest BCUT2D eigenvalue weighted by Gasteiger charge is 2.20. The molecule has 1 amide bonds. The lowest BCUT2D eigenvalue weighted by Crippen LogP contribution is -2.17. The van der Waals surface area contributed by atoms with Gasteiger partial charge in [0.2, 0.25) is 0 Å². The molecule has 2 heterocycles. The molecule has 0 bridgehead atoms. The molecule has 4 rings (SSSR count). The van der Waals surface area contributed by atoms with Crippen LogP contribution in [-0.4, -0.2) is 15.5 Å². The number of aromatic nitrogens is 2. The van der Waals surface area contributed by atoms with E-state index < -0.39 is 0 Å². The van der Waals surface area contributed by atoms with Gasteiger partial charge < -0.3 is 4.57 Å². The Labute approximate surface area is 180 Å². The number of rotatable bonds is 4. The summed E-state index contributed by atoms with van der Waals surface area (Å²) < 4.78 is 3.03. The summed E-state index contributed by atoms with van der Waals surface area (Å²) in [6.45, 7) is 4.67. The normalized spacial score (nSPS) is 11.1. The summed E-state index contributed by atoms with van der Waals surface area (Å²) >= 11 is 11.0. The molecule has 0 spiro atoms. The van der Waals surface area contributed by atoms with Crippen LogP contribution in [0.5, 0.6) is 0 Å². The number of hydrogen-bond acceptors (Lipinski definition) is 3. The molecule has 0 saturated carbocycles. The average molecular weight is 475 g/mol. The van der Waals surface area contributed by atoms with Crippen molar-refractivity contribution in [3.63, 3.8) is 0 Å². The molecule has 1 N–H and O–H groups in total. The molecule has 4 aromatic rings. The number of aryl methyl sites for hydroxylation is 2. The van der Waals surface area contributed by atoms with Crippen LogP contribution < -0.4 is 5.32 Å². The summed E-state index contributed by atoms with van der Waals surface area (Å²) in [5.41, 5.74) is 4.41. The Bertz CT molecular complexity index is 1180. The lowest BCUT2D eigenvalue weighted by atomic mass is 10.1. The third kappa shape index (κ3) is 3.48. The maximum Gasteiger partial charge on any atom is 0.274 e. The van der Waals surface area contributed by atoms with Crippen molar-refractivity contribution in [1.82, 2.24) is 9.55 Å². The van der Waals surface area contributed by atoms with Crippen molar-refractivity contribution in [2.24, 2.45) is 0 Å². The number of hydrogen-bond donors (Lipinski definition) is 1. The number of carbonyl (C=O) groups excluding carboxylic acids is 1. The van der Waals surface area contributed by atoms with E-state index in [1.165, 1.54) is 11.3 Å². The fourth-order valence-corrected chi connectivity index (χ4v) is 4.51. The number of fused-ring (bicyclic) bond motifs is 1. The van der Waals surface area contributed by atoms with Gasteiger partial charge in [0.05, 0.1) is 5.69 Å². The van der Waals surface area contributed by atoms with Crippen LogP contribution in [0.1, 0.15) is 23.0 Å². The van der Waals surface area contributed by atoms with Crippen LogP contribution in [0.15, 0.2) is 52.3 Å². The molecular weight excluding hydrogens is 458 g/mol. The first-order valence-corrected chi connectivity index (χ1v) is 10.8. The van der Waals surface area contributed by atoms with Gasteiger partial charge in [0.25, 0.3) is 5.91 Å². The van der Waals surface area contributed by atoms with Crippen molar-refractivity contribution >= 4 is 60.8 Å². The molecule has 142 valence electrons. The molecule has 0 aliphatic rings. The Morgan fingerprint density at radius 3 is 2.71 bits per heavy atom. The molecule has 7 heteroatoms. The summed E-state index contributed by atoms with van der Waals surface area (Å²) in [7, 11) is 0. The number of benzene rings is 2. The van der Waals surface area contributed by atoms with Gasteiger partial charge in [0.15, 0.2) is 5.13 Å². The van der Waals surface area contributed by atoms with E-state index in [2.05, 4.69) is 26.2 Å². The predicted octanol–water partition coefficient (Wildman–Crippen LogP) is 6.76. The van der Waals surface area contributed by atoms with Crippen molar-refractivity contribution in [3.8, 4) is 11.3 Å². The molecule has 0 aliphatic heterocycles. The van der Waals surface area contributed by atoms with Crippen LogP contribution in [0.3, 0.4) is 0 Å². The molecule has 2 aromatic heterocycles. The van der Waals surface area contributed by atoms with E-state index in [0.29, 0.717) is 22.4 Å². The molecule has 4 nitrogen and oxygen atoms in total. The van der Waals surface area contributed by atoms with Crippen LogP contribution in [-0.2, 0) is 6.54 Å². The quantitative estimate of drug-likeness (QED) is 0.355. The Kier molecular flexibility index (Phi) is 5.27. The number of anilines is 1. The SMILES string of the molecule is CCn1c(C(=O)Nc2nc(-c3ccc(Br)cc3)cs2)c(C)c2cc(Cl)ccc21. The van der Waals surface area contributed by atoms with Gasteiger partial charge in [-0.3, -0.25) is 10.1 Å². The molecule has 0 radical (unpaired) electrons. The number of halogens is 2. The van der Waals surface area contributed by atoms with E-state index in [0.717, 1.165) is 32.2 Å². The highest BCUT2D eigenvalue weighted by atomic mass is 79.9. The van der Waals surface area contributed by atoms with Gasteiger partial charge in [0, 0.05) is 37.9 Å². The standard InChI is InChI=1S/C21H17BrClN3OS/c1-3-26-18-9-8-15(23)10-16(18)12(2)19(26)20(27)25-21-24-17(11-28-21)13-4-6-14(22)7-5-13/h4-11H,3H2,1-2H3,(H,24,25,27). The van der Waals surface area contributed by atoms with Crippen LogP contribution in [0.4, 0.5) is 5.13 Å². The van der Waals surface area contributed by atoms with Gasteiger partial charge in [-0.2, -0.15) is 0 Å². The first-order valence-electron chi connectivity index (χ1n) is 8.79. The molecule has 0 unspecified atom stereocenters. The summed E-state index contributed by atoms with van der Waals surface area (Å²) in [6.07, 6.45) is 0. The van der Waals surface area contributed by atoms with Gasteiger partial charge >= 0.3 is 0 Å². The third-order valence-electron chi connectivity index (χ3n) is 4.67.